The van der Waals surface area contributed by atoms with E-state index in [9.17, 15) is 0 Å². The summed E-state index contributed by atoms with van der Waals surface area (Å²) in [7, 11) is 0. The summed E-state index contributed by atoms with van der Waals surface area (Å²) in [5.41, 5.74) is 2.53. The van der Waals surface area contributed by atoms with Gasteiger partial charge in [0.2, 0.25) is 0 Å². The fourth-order valence-corrected chi connectivity index (χ4v) is 3.05. The molecule has 1 heterocycles. The van der Waals surface area contributed by atoms with Crippen LogP contribution >= 0.6 is 15.9 Å². The lowest BCUT2D eigenvalue weighted by Crippen LogP contribution is -2.15. The van der Waals surface area contributed by atoms with Gasteiger partial charge in [-0.1, -0.05) is 32.9 Å². The fourth-order valence-electron chi connectivity index (χ4n) is 2.36. The summed E-state index contributed by atoms with van der Waals surface area (Å²) >= 11 is 3.65. The van der Waals surface area contributed by atoms with Crippen LogP contribution in [0.15, 0.2) is 41.0 Å². The molecule has 3 nitrogen and oxygen atoms in total. The van der Waals surface area contributed by atoms with Crippen LogP contribution in [0.4, 0.5) is 5.82 Å². The van der Waals surface area contributed by atoms with E-state index in [2.05, 4.69) is 66.1 Å². The molecular weight excluding hydrogens is 352 g/mol. The van der Waals surface area contributed by atoms with E-state index in [1.54, 1.807) is 6.20 Å². The maximum Gasteiger partial charge on any atom is 0.137 e. The lowest BCUT2D eigenvalue weighted by Gasteiger charge is -2.24. The van der Waals surface area contributed by atoms with Gasteiger partial charge in [-0.15, -0.1) is 0 Å². The zero-order chi connectivity index (χ0) is 16.9. The van der Waals surface area contributed by atoms with Gasteiger partial charge in [-0.25, -0.2) is 4.98 Å². The molecule has 0 aliphatic rings. The quantitative estimate of drug-likeness (QED) is 0.691. The number of rotatable bonds is 6. The highest BCUT2D eigenvalue weighted by Gasteiger charge is 2.21. The molecule has 1 N–H and O–H groups in total. The van der Waals surface area contributed by atoms with Crippen molar-refractivity contribution in [1.29, 1.82) is 0 Å². The Morgan fingerprint density at radius 2 is 2.00 bits per heavy atom. The first-order valence-corrected chi connectivity index (χ1v) is 8.75. The predicted molar refractivity (Wildman–Crippen MR) is 100 cm³/mol. The Balaban J connectivity index is 1.93. The molecule has 2 rings (SSSR count). The van der Waals surface area contributed by atoms with E-state index in [0.717, 1.165) is 29.0 Å². The highest BCUT2D eigenvalue weighted by molar-refractivity contribution is 9.10. The van der Waals surface area contributed by atoms with Crippen LogP contribution in [-0.4, -0.2) is 18.1 Å². The van der Waals surface area contributed by atoms with Crippen LogP contribution < -0.4 is 10.1 Å². The number of anilines is 1. The lowest BCUT2D eigenvalue weighted by molar-refractivity contribution is 0.304. The summed E-state index contributed by atoms with van der Waals surface area (Å²) in [4.78, 5) is 4.25. The Kier molecular flexibility index (Phi) is 6.05. The molecule has 0 aliphatic heterocycles. The highest BCUT2D eigenvalue weighted by Crippen LogP contribution is 2.38. The molecule has 0 aliphatic carbocycles. The third kappa shape index (κ3) is 5.24. The third-order valence-electron chi connectivity index (χ3n) is 3.53. The van der Waals surface area contributed by atoms with Crippen molar-refractivity contribution in [3.05, 3.63) is 52.1 Å². The number of benzene rings is 1. The zero-order valence-electron chi connectivity index (χ0n) is 14.3. The first-order chi connectivity index (χ1) is 10.9. The topological polar surface area (TPSA) is 34.1 Å². The number of aryl methyl sites for hydroxylation is 1. The van der Waals surface area contributed by atoms with Crippen LogP contribution in [0.3, 0.4) is 0 Å². The van der Waals surface area contributed by atoms with Crippen LogP contribution in [0.5, 0.6) is 5.75 Å². The van der Waals surface area contributed by atoms with E-state index < -0.39 is 0 Å². The molecule has 4 heteroatoms. The Hall–Kier alpha value is -1.55. The van der Waals surface area contributed by atoms with E-state index in [4.69, 9.17) is 4.74 Å². The number of aromatic nitrogens is 1. The molecule has 0 atom stereocenters. The Morgan fingerprint density at radius 1 is 1.22 bits per heavy atom. The smallest absolute Gasteiger partial charge is 0.137 e. The van der Waals surface area contributed by atoms with E-state index in [-0.39, 0.29) is 5.41 Å². The zero-order valence-corrected chi connectivity index (χ0v) is 15.9. The van der Waals surface area contributed by atoms with E-state index in [0.29, 0.717) is 6.61 Å². The minimum atomic E-state index is 0.0517. The Labute approximate surface area is 147 Å². The highest BCUT2D eigenvalue weighted by atomic mass is 79.9. The lowest BCUT2D eigenvalue weighted by atomic mass is 9.85. The number of nitrogens with one attached hydrogen (secondary N) is 1. The maximum atomic E-state index is 6.08. The second-order valence-electron chi connectivity index (χ2n) is 6.72. The van der Waals surface area contributed by atoms with Gasteiger partial charge < -0.3 is 10.1 Å². The molecule has 0 bridgehead atoms. The van der Waals surface area contributed by atoms with Crippen LogP contribution in [0.2, 0.25) is 0 Å². The molecular formula is C19H25BrN2O. The minimum Gasteiger partial charge on any atom is -0.492 e. The third-order valence-corrected chi connectivity index (χ3v) is 4.12. The molecule has 0 unspecified atom stereocenters. The maximum absolute atomic E-state index is 6.08. The van der Waals surface area contributed by atoms with Gasteiger partial charge in [0.25, 0.3) is 0 Å². The molecule has 0 fully saturated rings. The number of hydrogen-bond donors (Lipinski definition) is 1. The van der Waals surface area contributed by atoms with Crippen molar-refractivity contribution in [1.82, 2.24) is 4.98 Å². The van der Waals surface area contributed by atoms with Crippen LogP contribution in [0.1, 0.15) is 38.3 Å². The van der Waals surface area contributed by atoms with Crippen molar-refractivity contribution in [3.63, 3.8) is 0 Å². The van der Waals surface area contributed by atoms with E-state index >= 15 is 0 Å². The summed E-state index contributed by atoms with van der Waals surface area (Å²) in [6, 6.07) is 10.2. The summed E-state index contributed by atoms with van der Waals surface area (Å²) in [6.45, 7) is 10.3. The molecule has 124 valence electrons. The van der Waals surface area contributed by atoms with Crippen molar-refractivity contribution >= 4 is 21.7 Å². The standard InChI is InChI=1S/C19H25BrN2O/c1-14-12-15(19(2,3)4)18(16(20)13-14)23-11-7-10-22-17-8-5-6-9-21-17/h5-6,8-9,12-13H,7,10-11H2,1-4H3,(H,21,22). The number of ether oxygens (including phenoxy) is 1. The second-order valence-corrected chi connectivity index (χ2v) is 7.57. The van der Waals surface area contributed by atoms with Crippen molar-refractivity contribution in [2.75, 3.05) is 18.5 Å². The largest absolute Gasteiger partial charge is 0.492 e. The van der Waals surface area contributed by atoms with E-state index in [1.807, 2.05) is 18.2 Å². The summed E-state index contributed by atoms with van der Waals surface area (Å²) in [6.07, 6.45) is 2.71. The molecule has 1 aromatic heterocycles. The van der Waals surface area contributed by atoms with Crippen LogP contribution in [0, 0.1) is 6.92 Å². The van der Waals surface area contributed by atoms with Crippen molar-refractivity contribution < 1.29 is 4.74 Å². The summed E-state index contributed by atoms with van der Waals surface area (Å²) < 4.78 is 7.11. The van der Waals surface area contributed by atoms with Gasteiger partial charge in [0.05, 0.1) is 11.1 Å². The van der Waals surface area contributed by atoms with Crippen molar-refractivity contribution in [2.45, 2.75) is 39.5 Å². The summed E-state index contributed by atoms with van der Waals surface area (Å²) in [5.74, 6) is 1.86. The molecule has 2 aromatic rings. The van der Waals surface area contributed by atoms with Gasteiger partial charge in [0.15, 0.2) is 0 Å². The van der Waals surface area contributed by atoms with Gasteiger partial charge in [-0.2, -0.15) is 0 Å². The van der Waals surface area contributed by atoms with Gasteiger partial charge >= 0.3 is 0 Å². The first-order valence-electron chi connectivity index (χ1n) is 7.96. The molecule has 23 heavy (non-hydrogen) atoms. The monoisotopic (exact) mass is 376 g/mol. The number of hydrogen-bond acceptors (Lipinski definition) is 3. The molecule has 1 aromatic carbocycles. The number of pyridine rings is 1. The van der Waals surface area contributed by atoms with Gasteiger partial charge in [-0.3, -0.25) is 0 Å². The molecule has 0 amide bonds. The van der Waals surface area contributed by atoms with Crippen molar-refractivity contribution in [2.24, 2.45) is 0 Å². The molecule has 0 radical (unpaired) electrons. The normalized spacial score (nSPS) is 11.3. The summed E-state index contributed by atoms with van der Waals surface area (Å²) in [5, 5.41) is 3.30. The van der Waals surface area contributed by atoms with Gasteiger partial charge in [0, 0.05) is 18.3 Å². The van der Waals surface area contributed by atoms with Crippen LogP contribution in [0.25, 0.3) is 0 Å². The number of halogens is 1. The fraction of sp³-hybridized carbons (Fsp3) is 0.421. The average molecular weight is 377 g/mol. The SMILES string of the molecule is Cc1cc(Br)c(OCCCNc2ccccn2)c(C(C)(C)C)c1. The van der Waals surface area contributed by atoms with Crippen LogP contribution in [-0.2, 0) is 5.41 Å². The molecule has 0 spiro atoms. The Bertz CT molecular complexity index is 636. The van der Waals surface area contributed by atoms with Crippen molar-refractivity contribution in [3.8, 4) is 5.75 Å². The molecule has 0 saturated carbocycles. The van der Waals surface area contributed by atoms with Gasteiger partial charge in [-0.05, 0) is 58.5 Å². The first kappa shape index (κ1) is 17.8. The predicted octanol–water partition coefficient (Wildman–Crippen LogP) is 5.33. The van der Waals surface area contributed by atoms with E-state index in [1.165, 1.54) is 11.1 Å². The number of nitrogens with zero attached hydrogens (tertiary/aromatic N) is 1. The molecule has 0 saturated heterocycles. The van der Waals surface area contributed by atoms with Gasteiger partial charge in [0.1, 0.15) is 11.6 Å². The Morgan fingerprint density at radius 3 is 2.65 bits per heavy atom. The average Bonchev–Trinajstić information content (AvgIpc) is 2.48. The minimum absolute atomic E-state index is 0.0517. The second kappa shape index (κ2) is 7.82.